The summed E-state index contributed by atoms with van der Waals surface area (Å²) in [7, 11) is -9.80. The van der Waals surface area contributed by atoms with Crippen molar-refractivity contribution >= 4 is 33.6 Å². The van der Waals surface area contributed by atoms with Gasteiger partial charge < -0.3 is 34.2 Å². The third kappa shape index (κ3) is 82.0. The number of hydrogen-bond donors (Lipinski definition) is 4. The van der Waals surface area contributed by atoms with Gasteiger partial charge in [-0.1, -0.05) is 320 Å². The summed E-state index contributed by atoms with van der Waals surface area (Å²) >= 11 is 0. The van der Waals surface area contributed by atoms with Gasteiger partial charge in [0.15, 0.2) is 6.10 Å². The van der Waals surface area contributed by atoms with Gasteiger partial charge in [0.2, 0.25) is 0 Å². The summed E-state index contributed by atoms with van der Waals surface area (Å²) in [6, 6.07) is 0. The molecule has 5 unspecified atom stereocenters. The van der Waals surface area contributed by atoms with Gasteiger partial charge in [-0.2, -0.15) is 0 Å². The maximum Gasteiger partial charge on any atom is 0.472 e. The van der Waals surface area contributed by atoms with Gasteiger partial charge >= 0.3 is 33.6 Å². The molecule has 0 amide bonds. The Kier molecular flexibility index (Phi) is 77.0. The van der Waals surface area contributed by atoms with Gasteiger partial charge in [-0.3, -0.25) is 32.5 Å². The number of aliphatic hydroxyl groups is 2. The van der Waals surface area contributed by atoms with E-state index in [1.54, 1.807) is 0 Å². The van der Waals surface area contributed by atoms with E-state index >= 15 is 0 Å². The highest BCUT2D eigenvalue weighted by molar-refractivity contribution is 7.47. The Balaban J connectivity index is 4.47. The molecule has 18 heteroatoms. The number of unbranched alkanes of at least 4 members (excludes halogenated alkanes) is 29. The van der Waals surface area contributed by atoms with Gasteiger partial charge in [-0.15, -0.1) is 0 Å². The van der Waals surface area contributed by atoms with Gasteiger partial charge in [0.05, 0.1) is 26.4 Å². The van der Waals surface area contributed by atoms with Crippen LogP contribution in [0.2, 0.25) is 0 Å². The summed E-state index contributed by atoms with van der Waals surface area (Å²) < 4.78 is 61.2. The van der Waals surface area contributed by atoms with Gasteiger partial charge in [-0.25, -0.2) is 9.13 Å². The van der Waals surface area contributed by atoms with E-state index in [-0.39, 0.29) is 19.3 Å². The lowest BCUT2D eigenvalue weighted by Gasteiger charge is -2.21. The first-order chi connectivity index (χ1) is 52.2. The molecule has 16 nitrogen and oxygen atoms in total. The van der Waals surface area contributed by atoms with E-state index in [9.17, 15) is 43.5 Å². The van der Waals surface area contributed by atoms with E-state index in [2.05, 4.69) is 179 Å². The second kappa shape index (κ2) is 80.7. The second-order valence-corrected chi connectivity index (χ2v) is 30.4. The van der Waals surface area contributed by atoms with Crippen LogP contribution in [-0.2, 0) is 55.8 Å². The Bertz CT molecular complexity index is 2580. The molecule has 0 rings (SSSR count). The molecule has 0 aliphatic rings. The van der Waals surface area contributed by atoms with Crippen molar-refractivity contribution in [3.8, 4) is 0 Å². The first-order valence-electron chi connectivity index (χ1n) is 41.8. The summed E-state index contributed by atoms with van der Waals surface area (Å²) in [5.41, 5.74) is 0. The third-order valence-electron chi connectivity index (χ3n) is 17.2. The van der Waals surface area contributed by atoms with Crippen LogP contribution >= 0.6 is 15.6 Å². The fourth-order valence-corrected chi connectivity index (χ4v) is 12.5. The first-order valence-corrected chi connectivity index (χ1v) is 44.8. The number of phosphoric ester groups is 2. The molecule has 0 aromatic carbocycles. The molecule has 0 aliphatic carbocycles. The topological polar surface area (TPSA) is 231 Å². The van der Waals surface area contributed by atoms with E-state index in [1.807, 2.05) is 0 Å². The highest BCUT2D eigenvalue weighted by atomic mass is 31.2. The molecule has 612 valence electrons. The molecule has 0 spiro atoms. The molecule has 0 aromatic rings. The molecule has 0 aromatic heterocycles. The number of carbonyl (C=O) groups excluding carboxylic acids is 3. The molecule has 4 N–H and O–H groups in total. The number of phosphoric acid groups is 2. The quantitative estimate of drug-likeness (QED) is 0.0146. The molecular weight excluding hydrogens is 1390 g/mol. The Labute approximate surface area is 650 Å². The number of aliphatic hydroxyl groups excluding tert-OH is 2. The maximum atomic E-state index is 13.0. The van der Waals surface area contributed by atoms with E-state index < -0.39 is 91.5 Å². The molecule has 107 heavy (non-hydrogen) atoms. The second-order valence-electron chi connectivity index (χ2n) is 27.5. The molecule has 0 heterocycles. The highest BCUT2D eigenvalue weighted by Crippen LogP contribution is 2.45. The van der Waals surface area contributed by atoms with Crippen LogP contribution in [0.4, 0.5) is 0 Å². The summed E-state index contributed by atoms with van der Waals surface area (Å²) in [6.45, 7) is 2.42. The van der Waals surface area contributed by atoms with Crippen molar-refractivity contribution in [1.29, 1.82) is 0 Å². The molecular formula is C89H150O16P2. The minimum atomic E-state index is -4.94. The Morgan fingerprint density at radius 1 is 0.271 bits per heavy atom. The van der Waals surface area contributed by atoms with Gasteiger partial charge in [0.1, 0.15) is 25.4 Å². The number of carbonyl (C=O) groups is 3. The van der Waals surface area contributed by atoms with Crippen molar-refractivity contribution in [2.45, 2.75) is 347 Å². The predicted octanol–water partition coefficient (Wildman–Crippen LogP) is 25.0. The number of hydrogen-bond acceptors (Lipinski definition) is 14. The van der Waals surface area contributed by atoms with E-state index in [0.717, 1.165) is 180 Å². The van der Waals surface area contributed by atoms with Crippen LogP contribution in [0.15, 0.2) is 158 Å². The van der Waals surface area contributed by atoms with E-state index in [0.29, 0.717) is 19.3 Å². The summed E-state index contributed by atoms with van der Waals surface area (Å²) in [5, 5.41) is 20.7. The van der Waals surface area contributed by atoms with Crippen molar-refractivity contribution in [2.24, 2.45) is 0 Å². The van der Waals surface area contributed by atoms with Crippen molar-refractivity contribution in [2.75, 3.05) is 39.6 Å². The highest BCUT2D eigenvalue weighted by Gasteiger charge is 2.29. The predicted molar refractivity (Wildman–Crippen MR) is 445 cm³/mol. The lowest BCUT2D eigenvalue weighted by Crippen LogP contribution is -2.30. The van der Waals surface area contributed by atoms with Crippen LogP contribution in [-0.4, -0.2) is 95.9 Å². The van der Waals surface area contributed by atoms with Gasteiger partial charge in [0, 0.05) is 19.3 Å². The third-order valence-corrected chi connectivity index (χ3v) is 19.1. The Hall–Kier alpha value is -4.83. The molecule has 0 aliphatic heterocycles. The standard InChI is InChI=1S/C89H150O16P2/c1-4-7-10-13-16-19-22-25-27-29-31-33-35-37-38-39-40-41-42-43-44-46-48-49-51-53-55-58-60-63-66-69-72-75-87(92)99-78-84(90)79-101-106(95,96)102-80-85(91)81-103-107(97,98)104-83-86(105-89(94)77-74-71-68-65-62-57-24-21-18-15-12-9-6-3)82-100-88(93)76-73-70-67-64-61-59-56-54-52-50-47-45-36-34-32-30-28-26-23-20-17-14-11-8-5-2/h7-8,10-11,16-17,19-21,24-28,31-34,37-38,40-41,45,47,52,54,84-86,90-91H,4-6,9,12-15,18,22-23,29-30,35-36,39,42-44,46,48-51,53,55-83H2,1-3H3,(H,95,96)(H,97,98)/b10-7-,11-8-,19-16-,20-17-,24-21-,27-25-,28-26-,33-31-,34-32-,38-37-,41-40-,47-45-,54-52-. The average molecular weight is 1540 g/mol. The molecule has 5 atom stereocenters. The number of rotatable bonds is 78. The number of allylic oxidation sites excluding steroid dienone is 26. The largest absolute Gasteiger partial charge is 0.472 e. The van der Waals surface area contributed by atoms with Crippen LogP contribution in [0.1, 0.15) is 329 Å². The monoisotopic (exact) mass is 1540 g/mol. The van der Waals surface area contributed by atoms with Gasteiger partial charge in [0.25, 0.3) is 0 Å². The van der Waals surface area contributed by atoms with Crippen LogP contribution in [0.25, 0.3) is 0 Å². The zero-order valence-electron chi connectivity index (χ0n) is 67.0. The average Bonchev–Trinajstić information content (AvgIpc) is 0.908. The fraction of sp³-hybridized carbons (Fsp3) is 0.674. The normalized spacial score (nSPS) is 14.7. The Morgan fingerprint density at radius 2 is 0.495 bits per heavy atom. The first kappa shape index (κ1) is 102. The van der Waals surface area contributed by atoms with Crippen LogP contribution in [0, 0.1) is 0 Å². The maximum absolute atomic E-state index is 13.0. The SMILES string of the molecule is CC/C=C\C/C=C\C/C=C\C/C=C\C/C=C\C/C=C\CCCCCCCCCCCCCCCCC(=O)OCC(O)COP(=O)(O)OCC(O)COP(=O)(O)OCC(COC(=O)CCCCCCCC/C=C\C/C=C\C/C=C\C/C=C\C/C=C\C/C=C\CC)OC(=O)CCCCCCC/C=C\CCCCCC. The molecule has 0 saturated heterocycles. The van der Waals surface area contributed by atoms with E-state index in [4.69, 9.17) is 32.3 Å². The van der Waals surface area contributed by atoms with Crippen molar-refractivity contribution < 1.29 is 75.8 Å². The minimum absolute atomic E-state index is 0.0877. The lowest BCUT2D eigenvalue weighted by atomic mass is 10.0. The van der Waals surface area contributed by atoms with Crippen LogP contribution in [0.3, 0.4) is 0 Å². The molecule has 0 bridgehead atoms. The number of ether oxygens (including phenoxy) is 3. The zero-order chi connectivity index (χ0) is 78.0. The molecule has 0 saturated carbocycles. The molecule has 0 fully saturated rings. The van der Waals surface area contributed by atoms with Crippen molar-refractivity contribution in [3.05, 3.63) is 158 Å². The zero-order valence-corrected chi connectivity index (χ0v) is 68.8. The number of esters is 3. The smallest absolute Gasteiger partial charge is 0.463 e. The summed E-state index contributed by atoms with van der Waals surface area (Å²) in [5.74, 6) is -1.60. The van der Waals surface area contributed by atoms with Crippen molar-refractivity contribution in [1.82, 2.24) is 0 Å². The van der Waals surface area contributed by atoms with Crippen LogP contribution < -0.4 is 0 Å². The lowest BCUT2D eigenvalue weighted by molar-refractivity contribution is -0.161. The van der Waals surface area contributed by atoms with Crippen molar-refractivity contribution in [3.63, 3.8) is 0 Å². The van der Waals surface area contributed by atoms with Gasteiger partial charge in [-0.05, 0) is 148 Å². The summed E-state index contributed by atoms with van der Waals surface area (Å²) in [6.07, 6.45) is 102. The Morgan fingerprint density at radius 3 is 0.794 bits per heavy atom. The summed E-state index contributed by atoms with van der Waals surface area (Å²) in [4.78, 5) is 58.7. The fourth-order valence-electron chi connectivity index (χ4n) is 10.9. The molecule has 0 radical (unpaired) electrons. The minimum Gasteiger partial charge on any atom is -0.463 e. The van der Waals surface area contributed by atoms with Crippen LogP contribution in [0.5, 0.6) is 0 Å². The van der Waals surface area contributed by atoms with E-state index in [1.165, 1.54) is 89.9 Å².